The molecule has 110 valence electrons. The zero-order valence-electron chi connectivity index (χ0n) is 12.2. The fourth-order valence-corrected chi connectivity index (χ4v) is 2.71. The van der Waals surface area contributed by atoms with Gasteiger partial charge >= 0.3 is 0 Å². The van der Waals surface area contributed by atoms with E-state index in [4.69, 9.17) is 10.5 Å². The van der Waals surface area contributed by atoms with Gasteiger partial charge < -0.3 is 10.5 Å². The number of rotatable bonds is 5. The van der Waals surface area contributed by atoms with E-state index in [2.05, 4.69) is 0 Å². The van der Waals surface area contributed by atoms with Crippen molar-refractivity contribution in [3.8, 4) is 5.75 Å². The summed E-state index contributed by atoms with van der Waals surface area (Å²) in [5.41, 5.74) is 8.69. The van der Waals surface area contributed by atoms with E-state index in [0.717, 1.165) is 29.5 Å². The Labute approximate surface area is 124 Å². The summed E-state index contributed by atoms with van der Waals surface area (Å²) < 4.78 is 20.0. The SMILES string of the molecule is Cc1cc(C2(CN)CC2)cc(F)c1OCc1ccccc1. The lowest BCUT2D eigenvalue weighted by atomic mass is 9.94. The minimum absolute atomic E-state index is 0.00353. The maximum Gasteiger partial charge on any atom is 0.165 e. The van der Waals surface area contributed by atoms with Gasteiger partial charge in [-0.2, -0.15) is 0 Å². The van der Waals surface area contributed by atoms with Crippen LogP contribution in [0, 0.1) is 12.7 Å². The summed E-state index contributed by atoms with van der Waals surface area (Å²) in [5.74, 6) is 0.0519. The van der Waals surface area contributed by atoms with Gasteiger partial charge in [0.15, 0.2) is 11.6 Å². The molecule has 0 amide bonds. The Morgan fingerprint density at radius 2 is 1.90 bits per heavy atom. The van der Waals surface area contributed by atoms with Crippen molar-refractivity contribution in [2.45, 2.75) is 31.8 Å². The largest absolute Gasteiger partial charge is 0.486 e. The summed E-state index contributed by atoms with van der Waals surface area (Å²) in [6.07, 6.45) is 2.10. The molecule has 0 radical (unpaired) electrons. The molecule has 0 aromatic heterocycles. The second kappa shape index (κ2) is 5.49. The van der Waals surface area contributed by atoms with E-state index in [9.17, 15) is 4.39 Å². The number of hydrogen-bond acceptors (Lipinski definition) is 2. The lowest BCUT2D eigenvalue weighted by Gasteiger charge is -2.17. The van der Waals surface area contributed by atoms with Gasteiger partial charge in [-0.15, -0.1) is 0 Å². The molecule has 0 aliphatic heterocycles. The first-order chi connectivity index (χ1) is 10.1. The molecule has 0 unspecified atom stereocenters. The molecule has 2 N–H and O–H groups in total. The Morgan fingerprint density at radius 1 is 1.19 bits per heavy atom. The predicted octanol–water partition coefficient (Wildman–Crippen LogP) is 3.70. The van der Waals surface area contributed by atoms with Crippen molar-refractivity contribution >= 4 is 0 Å². The van der Waals surface area contributed by atoms with Crippen molar-refractivity contribution in [1.82, 2.24) is 0 Å². The number of halogens is 1. The first-order valence-corrected chi connectivity index (χ1v) is 7.32. The smallest absolute Gasteiger partial charge is 0.165 e. The molecule has 0 spiro atoms. The number of hydrogen-bond donors (Lipinski definition) is 1. The molecule has 0 atom stereocenters. The highest BCUT2D eigenvalue weighted by Gasteiger charge is 2.43. The zero-order valence-corrected chi connectivity index (χ0v) is 12.2. The molecular formula is C18H20FNO. The molecule has 21 heavy (non-hydrogen) atoms. The Balaban J connectivity index is 1.80. The van der Waals surface area contributed by atoms with Crippen molar-refractivity contribution in [3.05, 3.63) is 65.0 Å². The maximum atomic E-state index is 14.3. The number of benzene rings is 2. The van der Waals surface area contributed by atoms with Crippen LogP contribution >= 0.6 is 0 Å². The average molecular weight is 285 g/mol. The molecule has 1 aliphatic rings. The van der Waals surface area contributed by atoms with Crippen LogP contribution in [-0.2, 0) is 12.0 Å². The topological polar surface area (TPSA) is 35.2 Å². The van der Waals surface area contributed by atoms with Gasteiger partial charge in [-0.1, -0.05) is 36.4 Å². The first kappa shape index (κ1) is 14.1. The van der Waals surface area contributed by atoms with Crippen LogP contribution in [0.2, 0.25) is 0 Å². The molecule has 1 saturated carbocycles. The second-order valence-electron chi connectivity index (χ2n) is 5.86. The highest BCUT2D eigenvalue weighted by molar-refractivity contribution is 5.43. The third-order valence-electron chi connectivity index (χ3n) is 4.31. The van der Waals surface area contributed by atoms with Crippen molar-refractivity contribution in [2.24, 2.45) is 5.73 Å². The van der Waals surface area contributed by atoms with Crippen LogP contribution in [-0.4, -0.2) is 6.54 Å². The van der Waals surface area contributed by atoms with Gasteiger partial charge in [0.05, 0.1) is 0 Å². The Morgan fingerprint density at radius 3 is 2.48 bits per heavy atom. The minimum atomic E-state index is -0.291. The normalized spacial score (nSPS) is 15.8. The van der Waals surface area contributed by atoms with E-state index in [1.165, 1.54) is 0 Å². The van der Waals surface area contributed by atoms with Crippen LogP contribution in [0.5, 0.6) is 5.75 Å². The van der Waals surface area contributed by atoms with Crippen molar-refractivity contribution in [2.75, 3.05) is 6.54 Å². The standard InChI is InChI=1S/C18H20FNO/c1-13-9-15(18(12-20)7-8-18)10-16(19)17(13)21-11-14-5-3-2-4-6-14/h2-6,9-10H,7-8,11-12,20H2,1H3. The summed E-state index contributed by atoms with van der Waals surface area (Å²) >= 11 is 0. The summed E-state index contributed by atoms with van der Waals surface area (Å²) in [7, 11) is 0. The minimum Gasteiger partial charge on any atom is -0.486 e. The van der Waals surface area contributed by atoms with Gasteiger partial charge in [-0.25, -0.2) is 4.39 Å². The fourth-order valence-electron chi connectivity index (χ4n) is 2.71. The van der Waals surface area contributed by atoms with Crippen LogP contribution < -0.4 is 10.5 Å². The molecule has 1 aliphatic carbocycles. The van der Waals surface area contributed by atoms with Gasteiger partial charge in [0, 0.05) is 12.0 Å². The number of aryl methyl sites for hydroxylation is 1. The van der Waals surface area contributed by atoms with E-state index in [-0.39, 0.29) is 11.2 Å². The van der Waals surface area contributed by atoms with Crippen molar-refractivity contribution < 1.29 is 9.13 Å². The molecular weight excluding hydrogens is 265 g/mol. The maximum absolute atomic E-state index is 14.3. The molecule has 0 saturated heterocycles. The van der Waals surface area contributed by atoms with Crippen molar-refractivity contribution in [3.63, 3.8) is 0 Å². The summed E-state index contributed by atoms with van der Waals surface area (Å²) in [5, 5.41) is 0. The highest BCUT2D eigenvalue weighted by Crippen LogP contribution is 2.48. The highest BCUT2D eigenvalue weighted by atomic mass is 19.1. The molecule has 2 nitrogen and oxygen atoms in total. The van der Waals surface area contributed by atoms with Gasteiger partial charge in [-0.3, -0.25) is 0 Å². The van der Waals surface area contributed by atoms with E-state index >= 15 is 0 Å². The monoisotopic (exact) mass is 285 g/mol. The van der Waals surface area contributed by atoms with Crippen LogP contribution in [0.1, 0.15) is 29.5 Å². The van der Waals surface area contributed by atoms with Gasteiger partial charge in [0.25, 0.3) is 0 Å². The van der Waals surface area contributed by atoms with E-state index in [0.29, 0.717) is 18.9 Å². The molecule has 1 fully saturated rings. The molecule has 0 bridgehead atoms. The fraction of sp³-hybridized carbons (Fsp3) is 0.333. The van der Waals surface area contributed by atoms with E-state index < -0.39 is 0 Å². The summed E-state index contributed by atoms with van der Waals surface area (Å²) in [6.45, 7) is 2.84. The zero-order chi connectivity index (χ0) is 14.9. The first-order valence-electron chi connectivity index (χ1n) is 7.32. The van der Waals surface area contributed by atoms with Gasteiger partial charge in [0.1, 0.15) is 6.61 Å². The van der Waals surface area contributed by atoms with Crippen LogP contribution in [0.3, 0.4) is 0 Å². The van der Waals surface area contributed by atoms with Gasteiger partial charge in [0.2, 0.25) is 0 Å². The molecule has 2 aromatic carbocycles. The lowest BCUT2D eigenvalue weighted by Crippen LogP contribution is -2.20. The average Bonchev–Trinajstić information content (AvgIpc) is 3.28. The summed E-state index contributed by atoms with van der Waals surface area (Å²) in [6, 6.07) is 13.4. The predicted molar refractivity (Wildman–Crippen MR) is 81.9 cm³/mol. The van der Waals surface area contributed by atoms with E-state index in [1.54, 1.807) is 6.07 Å². The Hall–Kier alpha value is -1.87. The quantitative estimate of drug-likeness (QED) is 0.909. The third-order valence-corrected chi connectivity index (χ3v) is 4.31. The molecule has 0 heterocycles. The Kier molecular flexibility index (Phi) is 3.68. The molecule has 2 aromatic rings. The lowest BCUT2D eigenvalue weighted by molar-refractivity contribution is 0.287. The number of nitrogens with two attached hydrogens (primary N) is 1. The van der Waals surface area contributed by atoms with Crippen molar-refractivity contribution in [1.29, 1.82) is 0 Å². The van der Waals surface area contributed by atoms with Crippen LogP contribution in [0.15, 0.2) is 42.5 Å². The Bertz CT molecular complexity index is 612. The van der Waals surface area contributed by atoms with Crippen LogP contribution in [0.25, 0.3) is 0 Å². The number of ether oxygens (including phenoxy) is 1. The second-order valence-corrected chi connectivity index (χ2v) is 5.86. The third kappa shape index (κ3) is 2.79. The molecule has 3 rings (SSSR count). The summed E-state index contributed by atoms with van der Waals surface area (Å²) in [4.78, 5) is 0. The van der Waals surface area contributed by atoms with Gasteiger partial charge in [-0.05, 0) is 42.5 Å². The van der Waals surface area contributed by atoms with E-state index in [1.807, 2.05) is 43.3 Å². The van der Waals surface area contributed by atoms with Crippen LogP contribution in [0.4, 0.5) is 4.39 Å². The molecule has 3 heteroatoms.